The largest absolute Gasteiger partial charge is 0.381 e. The second kappa shape index (κ2) is 8.50. The molecular formula is C21H20ClN3O. The molecule has 0 aliphatic rings. The molecule has 132 valence electrons. The van der Waals surface area contributed by atoms with Crippen LogP contribution in [0.15, 0.2) is 66.9 Å². The lowest BCUT2D eigenvalue weighted by atomic mass is 10.1. The van der Waals surface area contributed by atoms with Crippen LogP contribution in [-0.2, 0) is 13.1 Å². The molecule has 1 amide bonds. The minimum atomic E-state index is -0.202. The van der Waals surface area contributed by atoms with E-state index in [0.717, 1.165) is 16.8 Å². The van der Waals surface area contributed by atoms with E-state index >= 15 is 0 Å². The highest BCUT2D eigenvalue weighted by molar-refractivity contribution is 6.31. The zero-order valence-electron chi connectivity index (χ0n) is 14.5. The lowest BCUT2D eigenvalue weighted by molar-refractivity contribution is 0.0946. The maximum atomic E-state index is 12.3. The Balaban J connectivity index is 1.60. The van der Waals surface area contributed by atoms with Crippen molar-refractivity contribution in [3.05, 3.63) is 94.3 Å². The van der Waals surface area contributed by atoms with Gasteiger partial charge in [0.05, 0.1) is 0 Å². The second-order valence-corrected chi connectivity index (χ2v) is 6.45. The smallest absolute Gasteiger partial charge is 0.270 e. The number of carbonyl (C=O) groups is 1. The summed E-state index contributed by atoms with van der Waals surface area (Å²) in [6.07, 6.45) is 1.62. The van der Waals surface area contributed by atoms with Crippen molar-refractivity contribution in [1.82, 2.24) is 10.3 Å². The van der Waals surface area contributed by atoms with E-state index < -0.39 is 0 Å². The summed E-state index contributed by atoms with van der Waals surface area (Å²) < 4.78 is 0. The summed E-state index contributed by atoms with van der Waals surface area (Å²) in [5, 5.41) is 6.88. The highest BCUT2D eigenvalue weighted by Gasteiger charge is 2.08. The van der Waals surface area contributed by atoms with Crippen molar-refractivity contribution >= 4 is 23.2 Å². The number of aromatic nitrogens is 1. The summed E-state index contributed by atoms with van der Waals surface area (Å²) in [7, 11) is 0. The number of hydrogen-bond donors (Lipinski definition) is 2. The van der Waals surface area contributed by atoms with E-state index in [9.17, 15) is 4.79 Å². The fraction of sp³-hybridized carbons (Fsp3) is 0.143. The SMILES string of the molecule is Cc1ccc(CNC(=O)c2cc(NCc3ccccc3Cl)ccn2)cc1. The minimum Gasteiger partial charge on any atom is -0.381 e. The molecule has 1 heterocycles. The lowest BCUT2D eigenvalue weighted by Gasteiger charge is -2.10. The maximum absolute atomic E-state index is 12.3. The first kappa shape index (κ1) is 18.0. The second-order valence-electron chi connectivity index (χ2n) is 6.04. The number of halogens is 1. The molecule has 1 aromatic heterocycles. The third-order valence-corrected chi connectivity index (χ3v) is 4.38. The van der Waals surface area contributed by atoms with Crippen molar-refractivity contribution in [1.29, 1.82) is 0 Å². The average Bonchev–Trinajstić information content (AvgIpc) is 2.67. The Kier molecular flexibility index (Phi) is 5.87. The first-order chi connectivity index (χ1) is 12.6. The van der Waals surface area contributed by atoms with E-state index in [2.05, 4.69) is 15.6 Å². The van der Waals surface area contributed by atoms with Crippen LogP contribution in [0.25, 0.3) is 0 Å². The predicted molar refractivity (Wildman–Crippen MR) is 105 cm³/mol. The Morgan fingerprint density at radius 2 is 1.81 bits per heavy atom. The van der Waals surface area contributed by atoms with Crippen LogP contribution >= 0.6 is 11.6 Å². The Bertz CT molecular complexity index is 894. The number of amides is 1. The molecule has 4 nitrogen and oxygen atoms in total. The quantitative estimate of drug-likeness (QED) is 0.672. The predicted octanol–water partition coefficient (Wildman–Crippen LogP) is 4.59. The molecule has 0 saturated carbocycles. The molecule has 3 rings (SSSR count). The molecule has 0 fully saturated rings. The van der Waals surface area contributed by atoms with Crippen molar-refractivity contribution in [2.24, 2.45) is 0 Å². The highest BCUT2D eigenvalue weighted by atomic mass is 35.5. The van der Waals surface area contributed by atoms with Crippen molar-refractivity contribution in [3.8, 4) is 0 Å². The Morgan fingerprint density at radius 3 is 2.58 bits per heavy atom. The van der Waals surface area contributed by atoms with E-state index in [1.807, 2.05) is 61.5 Å². The van der Waals surface area contributed by atoms with Crippen molar-refractivity contribution < 1.29 is 4.79 Å². The van der Waals surface area contributed by atoms with Gasteiger partial charge in [-0.3, -0.25) is 9.78 Å². The zero-order valence-corrected chi connectivity index (χ0v) is 15.3. The molecule has 0 aliphatic heterocycles. The molecule has 0 bridgehead atoms. The number of pyridine rings is 1. The Labute approximate surface area is 158 Å². The molecule has 5 heteroatoms. The molecule has 0 atom stereocenters. The molecule has 0 spiro atoms. The van der Waals surface area contributed by atoms with E-state index in [0.29, 0.717) is 23.8 Å². The number of rotatable bonds is 6. The molecule has 0 saturated heterocycles. The van der Waals surface area contributed by atoms with Crippen LogP contribution in [0.2, 0.25) is 5.02 Å². The van der Waals surface area contributed by atoms with Crippen LogP contribution in [0.5, 0.6) is 0 Å². The standard InChI is InChI=1S/C21H20ClN3O/c1-15-6-8-16(9-7-15)13-25-21(26)20-12-18(10-11-23-20)24-14-17-4-2-3-5-19(17)22/h2-12H,13-14H2,1H3,(H,23,24)(H,25,26). The number of anilines is 1. The Hall–Kier alpha value is -2.85. The lowest BCUT2D eigenvalue weighted by Crippen LogP contribution is -2.23. The van der Waals surface area contributed by atoms with Crippen molar-refractivity contribution in [2.75, 3.05) is 5.32 Å². The van der Waals surface area contributed by atoms with Gasteiger partial charge in [0, 0.05) is 30.0 Å². The molecule has 0 radical (unpaired) electrons. The fourth-order valence-electron chi connectivity index (χ4n) is 2.48. The fourth-order valence-corrected chi connectivity index (χ4v) is 2.69. The number of nitrogens with zero attached hydrogens (tertiary/aromatic N) is 1. The van der Waals surface area contributed by atoms with Crippen molar-refractivity contribution in [3.63, 3.8) is 0 Å². The van der Waals surface area contributed by atoms with Crippen LogP contribution < -0.4 is 10.6 Å². The molecule has 0 unspecified atom stereocenters. The number of hydrogen-bond acceptors (Lipinski definition) is 3. The monoisotopic (exact) mass is 365 g/mol. The maximum Gasteiger partial charge on any atom is 0.270 e. The van der Waals surface area contributed by atoms with Crippen molar-refractivity contribution in [2.45, 2.75) is 20.0 Å². The number of nitrogens with one attached hydrogen (secondary N) is 2. The zero-order chi connectivity index (χ0) is 18.4. The molecule has 2 aromatic carbocycles. The topological polar surface area (TPSA) is 54.0 Å². The van der Waals surface area contributed by atoms with Gasteiger partial charge in [-0.1, -0.05) is 59.6 Å². The van der Waals surface area contributed by atoms with E-state index in [1.54, 1.807) is 12.3 Å². The summed E-state index contributed by atoms with van der Waals surface area (Å²) in [5.74, 6) is -0.202. The summed E-state index contributed by atoms with van der Waals surface area (Å²) in [5.41, 5.74) is 4.44. The van der Waals surface area contributed by atoms with E-state index in [-0.39, 0.29) is 5.91 Å². The van der Waals surface area contributed by atoms with Gasteiger partial charge in [0.1, 0.15) is 5.69 Å². The molecule has 2 N–H and O–H groups in total. The minimum absolute atomic E-state index is 0.202. The molecule has 0 aliphatic carbocycles. The molecule has 3 aromatic rings. The number of carbonyl (C=O) groups excluding carboxylic acids is 1. The summed E-state index contributed by atoms with van der Waals surface area (Å²) >= 11 is 6.16. The third kappa shape index (κ3) is 4.83. The van der Waals surface area contributed by atoms with Crippen LogP contribution in [0, 0.1) is 6.92 Å². The van der Waals surface area contributed by atoms with Gasteiger partial charge < -0.3 is 10.6 Å². The molecular weight excluding hydrogens is 346 g/mol. The highest BCUT2D eigenvalue weighted by Crippen LogP contribution is 2.17. The van der Waals surface area contributed by atoms with Gasteiger partial charge in [0.25, 0.3) is 5.91 Å². The third-order valence-electron chi connectivity index (χ3n) is 4.01. The van der Waals surface area contributed by atoms with Crippen LogP contribution in [0.4, 0.5) is 5.69 Å². The summed E-state index contributed by atoms with van der Waals surface area (Å²) in [4.78, 5) is 16.5. The van der Waals surface area contributed by atoms with Gasteiger partial charge in [-0.05, 0) is 36.2 Å². The van der Waals surface area contributed by atoms with Crippen LogP contribution in [-0.4, -0.2) is 10.9 Å². The van der Waals surface area contributed by atoms with Gasteiger partial charge in [0.2, 0.25) is 0 Å². The van der Waals surface area contributed by atoms with Crippen LogP contribution in [0.1, 0.15) is 27.2 Å². The summed E-state index contributed by atoms with van der Waals surface area (Å²) in [6, 6.07) is 19.3. The van der Waals surface area contributed by atoms with Gasteiger partial charge in [0.15, 0.2) is 0 Å². The first-order valence-electron chi connectivity index (χ1n) is 8.39. The van der Waals surface area contributed by atoms with Gasteiger partial charge in [-0.25, -0.2) is 0 Å². The van der Waals surface area contributed by atoms with E-state index in [1.165, 1.54) is 5.56 Å². The number of aryl methyl sites for hydroxylation is 1. The Morgan fingerprint density at radius 1 is 1.04 bits per heavy atom. The van der Waals surface area contributed by atoms with Crippen LogP contribution in [0.3, 0.4) is 0 Å². The average molecular weight is 366 g/mol. The van der Waals surface area contributed by atoms with Gasteiger partial charge >= 0.3 is 0 Å². The number of benzene rings is 2. The summed E-state index contributed by atoms with van der Waals surface area (Å²) in [6.45, 7) is 3.08. The molecule has 26 heavy (non-hydrogen) atoms. The van der Waals surface area contributed by atoms with E-state index in [4.69, 9.17) is 11.6 Å². The van der Waals surface area contributed by atoms with Gasteiger partial charge in [-0.15, -0.1) is 0 Å². The van der Waals surface area contributed by atoms with Gasteiger partial charge in [-0.2, -0.15) is 0 Å². The normalized spacial score (nSPS) is 10.4. The first-order valence-corrected chi connectivity index (χ1v) is 8.77.